The van der Waals surface area contributed by atoms with Gasteiger partial charge >= 0.3 is 0 Å². The molecule has 0 spiro atoms. The summed E-state index contributed by atoms with van der Waals surface area (Å²) < 4.78 is 0. The first-order chi connectivity index (χ1) is 6.75. The molecule has 1 unspecified atom stereocenters. The van der Waals surface area contributed by atoms with Crippen LogP contribution in [0.3, 0.4) is 0 Å². The summed E-state index contributed by atoms with van der Waals surface area (Å²) in [6.45, 7) is 3.23. The normalized spacial score (nSPS) is 17.8. The van der Waals surface area contributed by atoms with Crippen molar-refractivity contribution in [2.45, 2.75) is 19.8 Å². The van der Waals surface area contributed by atoms with Gasteiger partial charge in [-0.15, -0.1) is 0 Å². The molecule has 0 radical (unpaired) electrons. The molecule has 0 bridgehead atoms. The lowest BCUT2D eigenvalue weighted by Crippen LogP contribution is -2.14. The summed E-state index contributed by atoms with van der Waals surface area (Å²) in [4.78, 5) is 8.10. The topological polar surface area (TPSA) is 63.8 Å². The predicted molar refractivity (Wildman–Crippen MR) is 56.8 cm³/mol. The lowest BCUT2D eigenvalue weighted by atomic mass is 10.1. The fourth-order valence-electron chi connectivity index (χ4n) is 1.56. The molecule has 1 saturated carbocycles. The van der Waals surface area contributed by atoms with Gasteiger partial charge in [0.2, 0.25) is 0 Å². The molecule has 3 N–H and O–H groups in total. The lowest BCUT2D eigenvalue weighted by Gasteiger charge is -2.11. The Labute approximate surface area is 83.9 Å². The van der Waals surface area contributed by atoms with Gasteiger partial charge in [0.05, 0.1) is 12.4 Å². The number of nitrogens with zero attached hydrogens (tertiary/aromatic N) is 2. The molecule has 1 aromatic rings. The van der Waals surface area contributed by atoms with Gasteiger partial charge in [-0.2, -0.15) is 0 Å². The SMILES string of the molecule is CC(CNc1cncc(N)n1)C1CC1. The van der Waals surface area contributed by atoms with E-state index in [0.29, 0.717) is 5.82 Å². The zero-order chi connectivity index (χ0) is 9.97. The van der Waals surface area contributed by atoms with Crippen LogP contribution in [0, 0.1) is 11.8 Å². The molecule has 2 rings (SSSR count). The van der Waals surface area contributed by atoms with Crippen molar-refractivity contribution >= 4 is 11.6 Å². The Morgan fingerprint density at radius 2 is 2.36 bits per heavy atom. The van der Waals surface area contributed by atoms with Gasteiger partial charge in [0.15, 0.2) is 0 Å². The van der Waals surface area contributed by atoms with Crippen LogP contribution in [0.15, 0.2) is 12.4 Å². The van der Waals surface area contributed by atoms with Gasteiger partial charge in [0, 0.05) is 6.54 Å². The Kier molecular flexibility index (Phi) is 2.52. The van der Waals surface area contributed by atoms with E-state index in [2.05, 4.69) is 22.2 Å². The summed E-state index contributed by atoms with van der Waals surface area (Å²) >= 11 is 0. The fourth-order valence-corrected chi connectivity index (χ4v) is 1.56. The first-order valence-corrected chi connectivity index (χ1v) is 5.07. The fraction of sp³-hybridized carbons (Fsp3) is 0.600. The highest BCUT2D eigenvalue weighted by molar-refractivity contribution is 5.38. The minimum atomic E-state index is 0.467. The highest BCUT2D eigenvalue weighted by atomic mass is 15.0. The van der Waals surface area contributed by atoms with Gasteiger partial charge in [-0.3, -0.25) is 4.98 Å². The molecule has 4 heteroatoms. The van der Waals surface area contributed by atoms with Gasteiger partial charge in [-0.25, -0.2) is 4.98 Å². The number of nitrogens with one attached hydrogen (secondary N) is 1. The summed E-state index contributed by atoms with van der Waals surface area (Å²) in [5.41, 5.74) is 5.52. The maximum atomic E-state index is 5.52. The zero-order valence-corrected chi connectivity index (χ0v) is 8.40. The third kappa shape index (κ3) is 2.34. The summed E-state index contributed by atoms with van der Waals surface area (Å²) in [6, 6.07) is 0. The highest BCUT2D eigenvalue weighted by Crippen LogP contribution is 2.36. The molecule has 0 aromatic carbocycles. The largest absolute Gasteiger partial charge is 0.382 e. The minimum Gasteiger partial charge on any atom is -0.382 e. The standard InChI is InChI=1S/C10H16N4/c1-7(8-2-3-8)4-13-10-6-12-5-9(11)14-10/h5-8H,2-4H2,1H3,(H3,11,13,14). The summed E-state index contributed by atoms with van der Waals surface area (Å²) in [7, 11) is 0. The molecule has 1 aliphatic carbocycles. The van der Waals surface area contributed by atoms with E-state index in [1.165, 1.54) is 12.8 Å². The van der Waals surface area contributed by atoms with Crippen molar-refractivity contribution in [3.63, 3.8) is 0 Å². The van der Waals surface area contributed by atoms with Crippen LogP contribution in [0.1, 0.15) is 19.8 Å². The Bertz CT molecular complexity index is 309. The first kappa shape index (κ1) is 9.24. The molecule has 1 aliphatic rings. The van der Waals surface area contributed by atoms with Crippen molar-refractivity contribution in [2.75, 3.05) is 17.6 Å². The maximum Gasteiger partial charge on any atom is 0.146 e. The average molecular weight is 192 g/mol. The van der Waals surface area contributed by atoms with E-state index in [4.69, 9.17) is 5.73 Å². The number of aromatic nitrogens is 2. The van der Waals surface area contributed by atoms with Gasteiger partial charge in [-0.05, 0) is 24.7 Å². The third-order valence-electron chi connectivity index (χ3n) is 2.69. The average Bonchev–Trinajstić information content (AvgIpc) is 2.97. The van der Waals surface area contributed by atoms with Crippen LogP contribution in [-0.4, -0.2) is 16.5 Å². The van der Waals surface area contributed by atoms with Crippen LogP contribution < -0.4 is 11.1 Å². The number of nitrogens with two attached hydrogens (primary N) is 1. The van der Waals surface area contributed by atoms with Crippen molar-refractivity contribution in [2.24, 2.45) is 11.8 Å². The molecule has 0 amide bonds. The molecule has 76 valence electrons. The van der Waals surface area contributed by atoms with E-state index in [0.717, 1.165) is 24.2 Å². The Balaban J connectivity index is 1.84. The first-order valence-electron chi connectivity index (χ1n) is 5.07. The number of nitrogen functional groups attached to an aromatic ring is 1. The van der Waals surface area contributed by atoms with Crippen LogP contribution in [0.2, 0.25) is 0 Å². The highest BCUT2D eigenvalue weighted by Gasteiger charge is 2.27. The smallest absolute Gasteiger partial charge is 0.146 e. The number of rotatable bonds is 4. The van der Waals surface area contributed by atoms with Crippen LogP contribution in [0.25, 0.3) is 0 Å². The second-order valence-corrected chi connectivity index (χ2v) is 4.02. The molecule has 4 nitrogen and oxygen atoms in total. The summed E-state index contributed by atoms with van der Waals surface area (Å²) in [5, 5.41) is 3.25. The minimum absolute atomic E-state index is 0.467. The van der Waals surface area contributed by atoms with Crippen molar-refractivity contribution in [3.8, 4) is 0 Å². The maximum absolute atomic E-state index is 5.52. The van der Waals surface area contributed by atoms with Gasteiger partial charge < -0.3 is 11.1 Å². The van der Waals surface area contributed by atoms with E-state index in [1.807, 2.05) is 0 Å². The quantitative estimate of drug-likeness (QED) is 0.759. The molecule has 1 fully saturated rings. The number of hydrogen-bond acceptors (Lipinski definition) is 4. The molecule has 1 heterocycles. The molecule has 0 aliphatic heterocycles. The number of hydrogen-bond donors (Lipinski definition) is 2. The van der Waals surface area contributed by atoms with Crippen LogP contribution in [0.5, 0.6) is 0 Å². The summed E-state index contributed by atoms with van der Waals surface area (Å²) in [6.07, 6.45) is 6.02. The van der Waals surface area contributed by atoms with Crippen LogP contribution in [-0.2, 0) is 0 Å². The van der Waals surface area contributed by atoms with Crippen molar-refractivity contribution in [1.29, 1.82) is 0 Å². The van der Waals surface area contributed by atoms with E-state index >= 15 is 0 Å². The lowest BCUT2D eigenvalue weighted by molar-refractivity contribution is 0.536. The van der Waals surface area contributed by atoms with Crippen molar-refractivity contribution < 1.29 is 0 Å². The van der Waals surface area contributed by atoms with E-state index < -0.39 is 0 Å². The second kappa shape index (κ2) is 3.82. The molecule has 0 saturated heterocycles. The Morgan fingerprint density at radius 1 is 1.57 bits per heavy atom. The molecule has 14 heavy (non-hydrogen) atoms. The van der Waals surface area contributed by atoms with Gasteiger partial charge in [0.25, 0.3) is 0 Å². The van der Waals surface area contributed by atoms with Gasteiger partial charge in [0.1, 0.15) is 11.6 Å². The van der Waals surface area contributed by atoms with E-state index in [9.17, 15) is 0 Å². The zero-order valence-electron chi connectivity index (χ0n) is 8.40. The van der Waals surface area contributed by atoms with Crippen LogP contribution in [0.4, 0.5) is 11.6 Å². The van der Waals surface area contributed by atoms with E-state index in [-0.39, 0.29) is 0 Å². The van der Waals surface area contributed by atoms with Gasteiger partial charge in [-0.1, -0.05) is 6.92 Å². The molecule has 1 atom stereocenters. The van der Waals surface area contributed by atoms with Crippen molar-refractivity contribution in [1.82, 2.24) is 9.97 Å². The number of anilines is 2. The predicted octanol–water partition coefficient (Wildman–Crippen LogP) is 1.52. The van der Waals surface area contributed by atoms with E-state index in [1.54, 1.807) is 12.4 Å². The Morgan fingerprint density at radius 3 is 3.00 bits per heavy atom. The molecular weight excluding hydrogens is 176 g/mol. The van der Waals surface area contributed by atoms with Crippen molar-refractivity contribution in [3.05, 3.63) is 12.4 Å². The molecule has 1 aromatic heterocycles. The molecular formula is C10H16N4. The Hall–Kier alpha value is -1.32. The second-order valence-electron chi connectivity index (χ2n) is 4.02. The third-order valence-corrected chi connectivity index (χ3v) is 2.69. The summed E-state index contributed by atoms with van der Waals surface area (Å²) in [5.74, 6) is 2.88. The monoisotopic (exact) mass is 192 g/mol. The van der Waals surface area contributed by atoms with Crippen LogP contribution >= 0.6 is 0 Å².